The van der Waals surface area contributed by atoms with E-state index in [1.807, 2.05) is 0 Å². The molecule has 2 aliphatic carbocycles. The quantitative estimate of drug-likeness (QED) is 0.656. The number of halogens is 3. The van der Waals surface area contributed by atoms with Gasteiger partial charge in [-0.2, -0.15) is 13.2 Å². The predicted octanol–water partition coefficient (Wildman–Crippen LogP) is 2.65. The predicted molar refractivity (Wildman–Crippen MR) is 63.6 cm³/mol. The molecule has 0 amide bonds. The largest absolute Gasteiger partial charge is 0.416 e. The van der Waals surface area contributed by atoms with E-state index in [2.05, 4.69) is 10.4 Å². The fourth-order valence-electron chi connectivity index (χ4n) is 3.69. The number of alkyl halides is 3. The van der Waals surface area contributed by atoms with Gasteiger partial charge in [0, 0.05) is 18.0 Å². The summed E-state index contributed by atoms with van der Waals surface area (Å²) in [6.07, 6.45) is 1.50. The van der Waals surface area contributed by atoms with E-state index in [4.69, 9.17) is 5.84 Å². The summed E-state index contributed by atoms with van der Waals surface area (Å²) in [5, 5.41) is 0. The van der Waals surface area contributed by atoms with Crippen molar-refractivity contribution in [2.45, 2.75) is 31.5 Å². The monoisotopic (exact) mass is 271 g/mol. The van der Waals surface area contributed by atoms with Crippen LogP contribution in [0.25, 0.3) is 0 Å². The molecule has 3 atom stereocenters. The van der Waals surface area contributed by atoms with Gasteiger partial charge in [0.25, 0.3) is 0 Å². The standard InChI is InChI=1S/C13H16F3N3/c14-13(15,16)10-4-5-18-6-9(10)12(19-17)11-7-2-1-3-8(7)11/h4-8,11-12,19H,1-3,17H2. The molecule has 3 unspecified atom stereocenters. The number of nitrogens with two attached hydrogens (primary N) is 1. The Kier molecular flexibility index (Phi) is 3.02. The maximum absolute atomic E-state index is 13.0. The molecule has 0 saturated heterocycles. The van der Waals surface area contributed by atoms with Crippen LogP contribution in [0.1, 0.15) is 36.4 Å². The van der Waals surface area contributed by atoms with E-state index in [0.717, 1.165) is 18.9 Å². The van der Waals surface area contributed by atoms with E-state index in [9.17, 15) is 13.2 Å². The van der Waals surface area contributed by atoms with Crippen LogP contribution >= 0.6 is 0 Å². The Morgan fingerprint density at radius 3 is 2.58 bits per heavy atom. The second-order valence-corrected chi connectivity index (χ2v) is 5.44. The summed E-state index contributed by atoms with van der Waals surface area (Å²) in [7, 11) is 0. The fraction of sp³-hybridized carbons (Fsp3) is 0.615. The molecule has 1 aromatic rings. The molecule has 19 heavy (non-hydrogen) atoms. The zero-order chi connectivity index (χ0) is 13.6. The van der Waals surface area contributed by atoms with Crippen LogP contribution in [0.5, 0.6) is 0 Å². The first-order valence-corrected chi connectivity index (χ1v) is 6.51. The molecule has 2 saturated carbocycles. The van der Waals surface area contributed by atoms with Crippen molar-refractivity contribution in [3.05, 3.63) is 29.6 Å². The SMILES string of the molecule is NNC(c1cnccc1C(F)(F)F)C1C2CCCC21. The number of hydrogen-bond acceptors (Lipinski definition) is 3. The van der Waals surface area contributed by atoms with Crippen molar-refractivity contribution < 1.29 is 13.2 Å². The van der Waals surface area contributed by atoms with E-state index >= 15 is 0 Å². The Balaban J connectivity index is 1.92. The maximum Gasteiger partial charge on any atom is 0.416 e. The molecule has 3 N–H and O–H groups in total. The maximum atomic E-state index is 13.0. The number of aromatic nitrogens is 1. The van der Waals surface area contributed by atoms with Crippen molar-refractivity contribution in [1.82, 2.24) is 10.4 Å². The Morgan fingerprint density at radius 1 is 1.32 bits per heavy atom. The van der Waals surface area contributed by atoms with Gasteiger partial charge in [0.05, 0.1) is 11.6 Å². The number of pyridine rings is 1. The van der Waals surface area contributed by atoms with Crippen molar-refractivity contribution >= 4 is 0 Å². The van der Waals surface area contributed by atoms with Gasteiger partial charge in [-0.15, -0.1) is 0 Å². The fourth-order valence-corrected chi connectivity index (χ4v) is 3.69. The van der Waals surface area contributed by atoms with Gasteiger partial charge in [-0.05, 0) is 36.7 Å². The van der Waals surface area contributed by atoms with E-state index in [0.29, 0.717) is 11.8 Å². The van der Waals surface area contributed by atoms with Gasteiger partial charge in [0.1, 0.15) is 0 Å². The van der Waals surface area contributed by atoms with E-state index in [1.54, 1.807) is 0 Å². The van der Waals surface area contributed by atoms with Crippen LogP contribution in [0.15, 0.2) is 18.5 Å². The molecular weight excluding hydrogens is 255 g/mol. The molecule has 2 aliphatic rings. The van der Waals surface area contributed by atoms with E-state index in [-0.39, 0.29) is 11.5 Å². The minimum absolute atomic E-state index is 0.178. The molecular formula is C13H16F3N3. The number of nitrogens with one attached hydrogen (secondary N) is 1. The molecule has 104 valence electrons. The third-order valence-electron chi connectivity index (χ3n) is 4.53. The Hall–Kier alpha value is -1.14. The van der Waals surface area contributed by atoms with Gasteiger partial charge >= 0.3 is 6.18 Å². The average molecular weight is 271 g/mol. The van der Waals surface area contributed by atoms with Crippen LogP contribution in [0, 0.1) is 17.8 Å². The number of hydrazine groups is 1. The lowest BCUT2D eigenvalue weighted by Gasteiger charge is -2.22. The van der Waals surface area contributed by atoms with Gasteiger partial charge in [-0.25, -0.2) is 0 Å². The Morgan fingerprint density at radius 2 is 2.00 bits per heavy atom. The topological polar surface area (TPSA) is 50.9 Å². The van der Waals surface area contributed by atoms with Gasteiger partial charge in [-0.1, -0.05) is 6.42 Å². The lowest BCUT2D eigenvalue weighted by atomic mass is 9.95. The zero-order valence-corrected chi connectivity index (χ0v) is 10.3. The number of fused-ring (bicyclic) bond motifs is 1. The van der Waals surface area contributed by atoms with Crippen LogP contribution in [-0.2, 0) is 6.18 Å². The molecule has 0 aliphatic heterocycles. The summed E-state index contributed by atoms with van der Waals surface area (Å²) in [6, 6.07) is 0.582. The molecule has 0 bridgehead atoms. The average Bonchev–Trinajstić information content (AvgIpc) is 2.84. The van der Waals surface area contributed by atoms with Crippen LogP contribution in [0.2, 0.25) is 0 Å². The molecule has 0 spiro atoms. The first-order chi connectivity index (χ1) is 9.04. The van der Waals surface area contributed by atoms with Crippen LogP contribution < -0.4 is 11.3 Å². The van der Waals surface area contributed by atoms with Gasteiger partial charge in [-0.3, -0.25) is 16.3 Å². The summed E-state index contributed by atoms with van der Waals surface area (Å²) in [6.45, 7) is 0. The summed E-state index contributed by atoms with van der Waals surface area (Å²) in [5.74, 6) is 6.80. The first kappa shape index (κ1) is 12.9. The lowest BCUT2D eigenvalue weighted by molar-refractivity contribution is -0.138. The van der Waals surface area contributed by atoms with Crippen molar-refractivity contribution in [1.29, 1.82) is 0 Å². The normalized spacial score (nSPS) is 31.1. The number of nitrogens with zero attached hydrogens (tertiary/aromatic N) is 1. The Labute approximate surface area is 109 Å². The van der Waals surface area contributed by atoms with Crippen molar-refractivity contribution in [2.24, 2.45) is 23.6 Å². The minimum Gasteiger partial charge on any atom is -0.271 e. The number of rotatable bonds is 3. The molecule has 6 heteroatoms. The third kappa shape index (κ3) is 2.12. The highest BCUT2D eigenvalue weighted by Crippen LogP contribution is 2.62. The van der Waals surface area contributed by atoms with Crippen LogP contribution in [0.4, 0.5) is 13.2 Å². The lowest BCUT2D eigenvalue weighted by Crippen LogP contribution is -2.32. The smallest absolute Gasteiger partial charge is 0.271 e. The highest BCUT2D eigenvalue weighted by Gasteiger charge is 2.56. The van der Waals surface area contributed by atoms with E-state index in [1.165, 1.54) is 18.8 Å². The van der Waals surface area contributed by atoms with Crippen LogP contribution in [-0.4, -0.2) is 4.98 Å². The molecule has 1 heterocycles. The van der Waals surface area contributed by atoms with E-state index < -0.39 is 17.8 Å². The van der Waals surface area contributed by atoms with Crippen molar-refractivity contribution in [3.8, 4) is 0 Å². The van der Waals surface area contributed by atoms with Crippen molar-refractivity contribution in [3.63, 3.8) is 0 Å². The van der Waals surface area contributed by atoms with Crippen LogP contribution in [0.3, 0.4) is 0 Å². The second kappa shape index (κ2) is 4.45. The van der Waals surface area contributed by atoms with Gasteiger partial charge < -0.3 is 0 Å². The Bertz CT molecular complexity index is 464. The van der Waals surface area contributed by atoms with Gasteiger partial charge in [0.15, 0.2) is 0 Å². The summed E-state index contributed by atoms with van der Waals surface area (Å²) >= 11 is 0. The van der Waals surface area contributed by atoms with Crippen molar-refractivity contribution in [2.75, 3.05) is 0 Å². The molecule has 2 fully saturated rings. The molecule has 1 aromatic heterocycles. The molecule has 3 rings (SSSR count). The first-order valence-electron chi connectivity index (χ1n) is 6.51. The second-order valence-electron chi connectivity index (χ2n) is 5.44. The highest BCUT2D eigenvalue weighted by molar-refractivity contribution is 5.31. The molecule has 0 radical (unpaired) electrons. The molecule has 0 aromatic carbocycles. The van der Waals surface area contributed by atoms with Gasteiger partial charge in [0.2, 0.25) is 0 Å². The summed E-state index contributed by atoms with van der Waals surface area (Å²) < 4.78 is 39.1. The molecule has 3 nitrogen and oxygen atoms in total. The number of hydrogen-bond donors (Lipinski definition) is 2. The third-order valence-corrected chi connectivity index (χ3v) is 4.53. The summed E-state index contributed by atoms with van der Waals surface area (Å²) in [5.41, 5.74) is 2.13. The highest BCUT2D eigenvalue weighted by atomic mass is 19.4. The summed E-state index contributed by atoms with van der Waals surface area (Å²) in [4.78, 5) is 3.84. The zero-order valence-electron chi connectivity index (χ0n) is 10.3. The minimum atomic E-state index is -4.36.